The summed E-state index contributed by atoms with van der Waals surface area (Å²) in [5.74, 6) is -0.304. The van der Waals surface area contributed by atoms with E-state index in [1.165, 1.54) is 0 Å². The van der Waals surface area contributed by atoms with E-state index in [0.717, 1.165) is 25.7 Å². The number of rotatable bonds is 10. The number of unbranched alkanes of at least 4 members (excludes halogenated alkanes) is 2. The number of carbonyl (C=O) groups is 1. The molecule has 0 spiro atoms. The number of hydrogen-bond donors (Lipinski definition) is 1. The molecule has 0 rings (SSSR count). The first-order valence-electron chi connectivity index (χ1n) is 6.19. The van der Waals surface area contributed by atoms with Crippen molar-refractivity contribution in [3.05, 3.63) is 12.7 Å². The third kappa shape index (κ3) is 7.13. The van der Waals surface area contributed by atoms with Crippen LogP contribution in [0.25, 0.3) is 0 Å². The summed E-state index contributed by atoms with van der Waals surface area (Å²) in [4.78, 5) is 11.5. The minimum Gasteiger partial charge on any atom is -0.465 e. The van der Waals surface area contributed by atoms with Gasteiger partial charge in [-0.2, -0.15) is 0 Å². The van der Waals surface area contributed by atoms with E-state index in [1.807, 2.05) is 6.08 Å². The summed E-state index contributed by atoms with van der Waals surface area (Å²) in [6.45, 7) is 6.31. The van der Waals surface area contributed by atoms with Crippen LogP contribution in [0.5, 0.6) is 0 Å². The first kappa shape index (κ1) is 16.1. The highest BCUT2D eigenvalue weighted by Crippen LogP contribution is 2.14. The molecule has 1 unspecified atom stereocenters. The molecule has 2 N–H and O–H groups in total. The van der Waals surface area contributed by atoms with E-state index < -0.39 is 6.04 Å². The first-order valence-corrected chi connectivity index (χ1v) is 6.19. The predicted molar refractivity (Wildman–Crippen MR) is 68.6 cm³/mol. The van der Waals surface area contributed by atoms with Crippen LogP contribution in [0.3, 0.4) is 0 Å². The second-order valence-electron chi connectivity index (χ2n) is 4.07. The lowest BCUT2D eigenvalue weighted by atomic mass is 9.94. The smallest absolute Gasteiger partial charge is 0.323 e. The summed E-state index contributed by atoms with van der Waals surface area (Å²) in [7, 11) is 1.62. The van der Waals surface area contributed by atoms with E-state index in [2.05, 4.69) is 6.58 Å². The second kappa shape index (κ2) is 10.3. The molecular weight excluding hydrogens is 218 g/mol. The highest BCUT2D eigenvalue weighted by atomic mass is 16.5. The van der Waals surface area contributed by atoms with Gasteiger partial charge in [-0.1, -0.05) is 12.5 Å². The standard InChI is InChI=1S/C13H25NO3/c1-4-6-7-8-9-11(10-16-3)12(14)13(15)17-5-2/h4,11-12H,1,5-10,14H2,2-3H3/t11-,12?/m0/s1. The van der Waals surface area contributed by atoms with Gasteiger partial charge >= 0.3 is 5.97 Å². The molecule has 4 nitrogen and oxygen atoms in total. The van der Waals surface area contributed by atoms with Crippen LogP contribution in [-0.4, -0.2) is 32.3 Å². The summed E-state index contributed by atoms with van der Waals surface area (Å²) in [5, 5.41) is 0. The Hall–Kier alpha value is -0.870. The van der Waals surface area contributed by atoms with Crippen molar-refractivity contribution in [2.75, 3.05) is 20.3 Å². The molecule has 17 heavy (non-hydrogen) atoms. The van der Waals surface area contributed by atoms with Crippen LogP contribution >= 0.6 is 0 Å². The van der Waals surface area contributed by atoms with Gasteiger partial charge in [-0.05, 0) is 26.2 Å². The quantitative estimate of drug-likeness (QED) is 0.361. The fourth-order valence-corrected chi connectivity index (χ4v) is 1.71. The lowest BCUT2D eigenvalue weighted by molar-refractivity contribution is -0.146. The van der Waals surface area contributed by atoms with Crippen molar-refractivity contribution in [3.63, 3.8) is 0 Å². The van der Waals surface area contributed by atoms with E-state index in [-0.39, 0.29) is 11.9 Å². The third-order valence-electron chi connectivity index (χ3n) is 2.68. The van der Waals surface area contributed by atoms with E-state index >= 15 is 0 Å². The van der Waals surface area contributed by atoms with E-state index in [0.29, 0.717) is 13.2 Å². The van der Waals surface area contributed by atoms with Gasteiger partial charge in [0.1, 0.15) is 6.04 Å². The van der Waals surface area contributed by atoms with Crippen LogP contribution in [0.4, 0.5) is 0 Å². The van der Waals surface area contributed by atoms with Crippen molar-refractivity contribution in [3.8, 4) is 0 Å². The first-order chi connectivity index (χ1) is 8.17. The highest BCUT2D eigenvalue weighted by molar-refractivity contribution is 5.75. The number of carbonyl (C=O) groups excluding carboxylic acids is 1. The molecule has 0 aliphatic rings. The van der Waals surface area contributed by atoms with Gasteiger partial charge < -0.3 is 15.2 Å². The molecule has 0 aliphatic carbocycles. The van der Waals surface area contributed by atoms with E-state index in [4.69, 9.17) is 15.2 Å². The summed E-state index contributed by atoms with van der Waals surface area (Å²) in [6, 6.07) is -0.585. The maximum absolute atomic E-state index is 11.5. The Balaban J connectivity index is 4.09. The Morgan fingerprint density at radius 3 is 2.71 bits per heavy atom. The van der Waals surface area contributed by atoms with E-state index in [9.17, 15) is 4.79 Å². The van der Waals surface area contributed by atoms with Crippen LogP contribution in [0.15, 0.2) is 12.7 Å². The Morgan fingerprint density at radius 2 is 2.18 bits per heavy atom. The molecule has 0 aliphatic heterocycles. The molecule has 0 fully saturated rings. The Kier molecular flexibility index (Phi) is 9.77. The fraction of sp³-hybridized carbons (Fsp3) is 0.769. The molecular formula is C13H25NO3. The molecule has 0 heterocycles. The van der Waals surface area contributed by atoms with Crippen molar-refractivity contribution >= 4 is 5.97 Å². The molecule has 0 saturated carbocycles. The van der Waals surface area contributed by atoms with Crippen molar-refractivity contribution < 1.29 is 14.3 Å². The van der Waals surface area contributed by atoms with Crippen LogP contribution in [0.1, 0.15) is 32.6 Å². The Morgan fingerprint density at radius 1 is 1.47 bits per heavy atom. The minimum absolute atomic E-state index is 0.0314. The number of nitrogens with two attached hydrogens (primary N) is 1. The van der Waals surface area contributed by atoms with Crippen LogP contribution in [0, 0.1) is 5.92 Å². The van der Waals surface area contributed by atoms with Gasteiger partial charge in [0, 0.05) is 13.0 Å². The average molecular weight is 243 g/mol. The topological polar surface area (TPSA) is 61.5 Å². The zero-order chi connectivity index (χ0) is 13.1. The molecule has 0 amide bonds. The number of ether oxygens (including phenoxy) is 2. The summed E-state index contributed by atoms with van der Waals surface area (Å²) in [6.07, 6.45) is 5.86. The molecule has 0 aromatic heterocycles. The molecule has 0 aromatic rings. The molecule has 0 saturated heterocycles. The molecule has 0 aromatic carbocycles. The summed E-state index contributed by atoms with van der Waals surface area (Å²) in [5.41, 5.74) is 5.87. The SMILES string of the molecule is C=CCCCC[C@@H](COC)C(N)C(=O)OCC. The van der Waals surface area contributed by atoms with Crippen LogP contribution in [0.2, 0.25) is 0 Å². The van der Waals surface area contributed by atoms with Gasteiger partial charge in [-0.25, -0.2) is 0 Å². The normalized spacial score (nSPS) is 14.1. The maximum Gasteiger partial charge on any atom is 0.323 e. The van der Waals surface area contributed by atoms with E-state index in [1.54, 1.807) is 14.0 Å². The van der Waals surface area contributed by atoms with Crippen molar-refractivity contribution in [2.45, 2.75) is 38.6 Å². The van der Waals surface area contributed by atoms with Crippen molar-refractivity contribution in [1.82, 2.24) is 0 Å². The van der Waals surface area contributed by atoms with Gasteiger partial charge in [0.15, 0.2) is 0 Å². The second-order valence-corrected chi connectivity index (χ2v) is 4.07. The predicted octanol–water partition coefficient (Wildman–Crippen LogP) is 1.89. The maximum atomic E-state index is 11.5. The monoisotopic (exact) mass is 243 g/mol. The molecule has 100 valence electrons. The van der Waals surface area contributed by atoms with Gasteiger partial charge in [0.25, 0.3) is 0 Å². The molecule has 2 atom stereocenters. The van der Waals surface area contributed by atoms with Crippen molar-refractivity contribution in [1.29, 1.82) is 0 Å². The van der Waals surface area contributed by atoms with Gasteiger partial charge in [-0.15, -0.1) is 6.58 Å². The third-order valence-corrected chi connectivity index (χ3v) is 2.68. The fourth-order valence-electron chi connectivity index (χ4n) is 1.71. The lowest BCUT2D eigenvalue weighted by Crippen LogP contribution is -2.41. The van der Waals surface area contributed by atoms with Crippen LogP contribution < -0.4 is 5.73 Å². The largest absolute Gasteiger partial charge is 0.465 e. The van der Waals surface area contributed by atoms with Crippen molar-refractivity contribution in [2.24, 2.45) is 11.7 Å². The molecule has 0 bridgehead atoms. The lowest BCUT2D eigenvalue weighted by Gasteiger charge is -2.21. The summed E-state index contributed by atoms with van der Waals surface area (Å²) < 4.78 is 10.0. The van der Waals surface area contributed by atoms with Crippen LogP contribution in [-0.2, 0) is 14.3 Å². The molecule has 0 radical (unpaired) electrons. The highest BCUT2D eigenvalue weighted by Gasteiger charge is 2.25. The van der Waals surface area contributed by atoms with Gasteiger partial charge in [0.05, 0.1) is 13.2 Å². The number of methoxy groups -OCH3 is 1. The Bertz CT molecular complexity index is 219. The Labute approximate surface area is 104 Å². The molecule has 4 heteroatoms. The zero-order valence-corrected chi connectivity index (χ0v) is 11.0. The van der Waals surface area contributed by atoms with Gasteiger partial charge in [0.2, 0.25) is 0 Å². The zero-order valence-electron chi connectivity index (χ0n) is 11.0. The number of allylic oxidation sites excluding steroid dienone is 1. The number of hydrogen-bond acceptors (Lipinski definition) is 4. The average Bonchev–Trinajstić information content (AvgIpc) is 2.32. The number of esters is 1. The van der Waals surface area contributed by atoms with Gasteiger partial charge in [-0.3, -0.25) is 4.79 Å². The minimum atomic E-state index is -0.585. The summed E-state index contributed by atoms with van der Waals surface area (Å²) >= 11 is 0.